The molecule has 4 aliphatic rings. The average molecular weight is 841 g/mol. The summed E-state index contributed by atoms with van der Waals surface area (Å²) >= 11 is 0. The minimum atomic E-state index is -2.10. The third kappa shape index (κ3) is 7.73. The summed E-state index contributed by atoms with van der Waals surface area (Å²) in [6, 6.07) is 5.02. The van der Waals surface area contributed by atoms with Crippen molar-refractivity contribution >= 4 is 22.5 Å². The van der Waals surface area contributed by atoms with Crippen molar-refractivity contribution in [2.45, 2.75) is 152 Å². The summed E-state index contributed by atoms with van der Waals surface area (Å²) in [4.78, 5) is 45.2. The van der Waals surface area contributed by atoms with E-state index in [0.717, 1.165) is 6.07 Å². The minimum Gasteiger partial charge on any atom is -0.507 e. The van der Waals surface area contributed by atoms with Gasteiger partial charge in [0.1, 0.15) is 29.3 Å². The van der Waals surface area contributed by atoms with Crippen LogP contribution in [0.5, 0.6) is 5.75 Å². The Morgan fingerprint density at radius 1 is 0.950 bits per heavy atom. The number of likely N-dealkylation sites (N-methyl/N-ethyl adjacent to an activating group) is 1. The fourth-order valence-corrected chi connectivity index (χ4v) is 8.86. The Balaban J connectivity index is 1.26. The third-order valence-corrected chi connectivity index (χ3v) is 12.7. The topological polar surface area (TPSA) is 261 Å². The van der Waals surface area contributed by atoms with Crippen molar-refractivity contribution < 1.29 is 68.3 Å². The predicted molar refractivity (Wildman–Crippen MR) is 212 cm³/mol. The zero-order valence-electron chi connectivity index (χ0n) is 34.9. The standard InChI is InChI=1S/C43H56N2O15/c1-17-35(49)27(48)14-30(57-17)60-39-18(2)56-28(12-25(39)45(7)8)22-9-10-23-33(37(22)51)38(52)34-24(36(23)50)11-21(16-55-31-15-42(5,44)41(53)19(3)58-31)32-26(47)13-29(59-40(32)34)43(6,54)20(4)46/h9-11,13,17-20,25,27-28,30-31,35,39,41,46,48-49,51,53-54H,12,14-16,44H2,1-8H3/t17-,18-,19?,20?,25-,27-,28+,30-,31?,35+,39+,41?,42?,43?/m0/s1. The number of ketones is 2. The minimum absolute atomic E-state index is 0.0515. The monoisotopic (exact) mass is 840 g/mol. The highest BCUT2D eigenvalue weighted by atomic mass is 16.7. The lowest BCUT2D eigenvalue weighted by Crippen LogP contribution is -2.60. The van der Waals surface area contributed by atoms with E-state index >= 15 is 0 Å². The molecule has 8 N–H and O–H groups in total. The molecule has 7 rings (SSSR count). The maximum atomic E-state index is 14.8. The Morgan fingerprint density at radius 2 is 1.63 bits per heavy atom. The SMILES string of the molecule is CC1OC(OCc2cc3c(c4oc(C(C)(O)C(C)O)cc(=O)c24)C(=O)c2c(ccc([C@H]4C[C@H](N(C)C)[C@H](O[C@H]5C[C@H](O)[C@H](O)[C@H](C)O5)[C@H](C)O4)c2O)C3=O)CC(C)(N)C1O. The van der Waals surface area contributed by atoms with Gasteiger partial charge in [-0.3, -0.25) is 14.4 Å². The van der Waals surface area contributed by atoms with Gasteiger partial charge in [0.15, 0.2) is 29.4 Å². The lowest BCUT2D eigenvalue weighted by molar-refractivity contribution is -0.287. The first kappa shape index (κ1) is 44.4. The first-order valence-corrected chi connectivity index (χ1v) is 20.3. The van der Waals surface area contributed by atoms with Gasteiger partial charge in [0, 0.05) is 47.2 Å². The Kier molecular flexibility index (Phi) is 12.0. The highest BCUT2D eigenvalue weighted by molar-refractivity contribution is 6.32. The molecule has 1 aliphatic carbocycles. The highest BCUT2D eigenvalue weighted by Crippen LogP contribution is 2.45. The van der Waals surface area contributed by atoms with Crippen molar-refractivity contribution in [2.24, 2.45) is 5.73 Å². The number of phenols is 1. The normalized spacial score (nSPS) is 35.0. The molecule has 0 spiro atoms. The Bertz CT molecular complexity index is 2210. The molecular formula is C43H56N2O15. The van der Waals surface area contributed by atoms with Gasteiger partial charge in [-0.2, -0.15) is 0 Å². The zero-order valence-corrected chi connectivity index (χ0v) is 34.9. The number of aliphatic hydroxyl groups is 5. The number of ether oxygens (including phenoxy) is 5. The average Bonchev–Trinajstić information content (AvgIpc) is 3.16. The van der Waals surface area contributed by atoms with Crippen molar-refractivity contribution in [3.8, 4) is 5.75 Å². The molecule has 14 atom stereocenters. The van der Waals surface area contributed by atoms with E-state index in [9.17, 15) is 45.0 Å². The van der Waals surface area contributed by atoms with Crippen LogP contribution >= 0.6 is 0 Å². The molecule has 3 saturated heterocycles. The van der Waals surface area contributed by atoms with E-state index in [4.69, 9.17) is 33.8 Å². The number of hydrogen-bond donors (Lipinski definition) is 7. The molecule has 0 saturated carbocycles. The van der Waals surface area contributed by atoms with Crippen LogP contribution in [0.1, 0.15) is 116 Å². The zero-order chi connectivity index (χ0) is 43.9. The summed E-state index contributed by atoms with van der Waals surface area (Å²) in [6.07, 6.45) is -9.10. The molecule has 17 nitrogen and oxygen atoms in total. The Hall–Kier alpha value is -3.69. The van der Waals surface area contributed by atoms with E-state index < -0.39 is 101 Å². The molecular weight excluding hydrogens is 784 g/mol. The second kappa shape index (κ2) is 16.2. The molecule has 1 aromatic heterocycles. The van der Waals surface area contributed by atoms with Gasteiger partial charge in [-0.1, -0.05) is 6.07 Å². The largest absolute Gasteiger partial charge is 0.507 e. The van der Waals surface area contributed by atoms with Crippen LogP contribution < -0.4 is 11.2 Å². The molecule has 60 heavy (non-hydrogen) atoms. The van der Waals surface area contributed by atoms with Crippen LogP contribution in [0.15, 0.2) is 33.5 Å². The fourth-order valence-electron chi connectivity index (χ4n) is 8.86. The van der Waals surface area contributed by atoms with Crippen LogP contribution in [0.25, 0.3) is 11.0 Å². The van der Waals surface area contributed by atoms with Gasteiger partial charge in [-0.25, -0.2) is 0 Å². The number of benzene rings is 2. The lowest BCUT2D eigenvalue weighted by atomic mass is 9.79. The number of nitrogens with zero attached hydrogens (tertiary/aromatic N) is 1. The summed E-state index contributed by atoms with van der Waals surface area (Å²) in [5.41, 5.74) is 1.59. The highest BCUT2D eigenvalue weighted by Gasteiger charge is 2.46. The summed E-state index contributed by atoms with van der Waals surface area (Å²) < 4.78 is 36.7. The second-order valence-electron chi connectivity index (χ2n) is 17.5. The molecule has 4 heterocycles. The van der Waals surface area contributed by atoms with Gasteiger partial charge >= 0.3 is 0 Å². The number of carbonyl (C=O) groups excluding carboxylic acids is 2. The maximum Gasteiger partial charge on any atom is 0.202 e. The van der Waals surface area contributed by atoms with Gasteiger partial charge < -0.3 is 69.4 Å². The number of rotatable bonds is 9. The van der Waals surface area contributed by atoms with Crippen LogP contribution in [0.3, 0.4) is 0 Å². The summed E-state index contributed by atoms with van der Waals surface area (Å²) in [7, 11) is 3.71. The van der Waals surface area contributed by atoms with Crippen LogP contribution in [-0.2, 0) is 35.9 Å². The summed E-state index contributed by atoms with van der Waals surface area (Å²) in [6.45, 7) is 8.96. The molecule has 0 radical (unpaired) electrons. The van der Waals surface area contributed by atoms with Crippen LogP contribution in [0.2, 0.25) is 0 Å². The van der Waals surface area contributed by atoms with Crippen molar-refractivity contribution in [2.75, 3.05) is 14.1 Å². The van der Waals surface area contributed by atoms with E-state index in [2.05, 4.69) is 0 Å². The molecule has 0 bridgehead atoms. The number of carbonyl (C=O) groups is 2. The number of aromatic hydroxyl groups is 1. The first-order valence-electron chi connectivity index (χ1n) is 20.3. The van der Waals surface area contributed by atoms with Crippen molar-refractivity contribution in [1.29, 1.82) is 0 Å². The number of phenolic OH excluding ortho intramolecular Hbond substituents is 1. The van der Waals surface area contributed by atoms with E-state index in [1.54, 1.807) is 27.7 Å². The maximum absolute atomic E-state index is 14.8. The molecule has 328 valence electrons. The number of nitrogens with two attached hydrogens (primary N) is 1. The molecule has 3 fully saturated rings. The lowest BCUT2D eigenvalue weighted by Gasteiger charge is -2.46. The van der Waals surface area contributed by atoms with Gasteiger partial charge in [0.25, 0.3) is 0 Å². The van der Waals surface area contributed by atoms with Gasteiger partial charge in [-0.05, 0) is 79.8 Å². The van der Waals surface area contributed by atoms with E-state index in [1.165, 1.54) is 32.0 Å². The summed E-state index contributed by atoms with van der Waals surface area (Å²) in [5.74, 6) is -2.36. The van der Waals surface area contributed by atoms with E-state index in [-0.39, 0.29) is 82.0 Å². The van der Waals surface area contributed by atoms with E-state index in [1.807, 2.05) is 19.0 Å². The molecule has 0 amide bonds. The Labute approximate surface area is 346 Å². The molecule has 17 heteroatoms. The molecule has 3 aliphatic heterocycles. The first-order chi connectivity index (χ1) is 28.0. The second-order valence-corrected chi connectivity index (χ2v) is 17.5. The van der Waals surface area contributed by atoms with Gasteiger partial charge in [-0.15, -0.1) is 0 Å². The van der Waals surface area contributed by atoms with Crippen LogP contribution in [0, 0.1) is 0 Å². The molecule has 2 aromatic carbocycles. The smallest absolute Gasteiger partial charge is 0.202 e. The molecule has 6 unspecified atom stereocenters. The van der Waals surface area contributed by atoms with Gasteiger partial charge in [0.2, 0.25) is 5.78 Å². The van der Waals surface area contributed by atoms with Crippen molar-refractivity contribution in [1.82, 2.24) is 4.90 Å². The Morgan fingerprint density at radius 3 is 2.27 bits per heavy atom. The van der Waals surface area contributed by atoms with Crippen LogP contribution in [0.4, 0.5) is 0 Å². The number of aliphatic hydroxyl groups excluding tert-OH is 4. The van der Waals surface area contributed by atoms with E-state index in [0.29, 0.717) is 0 Å². The number of fused-ring (bicyclic) bond motifs is 4. The fraction of sp³-hybridized carbons (Fsp3) is 0.605. The quantitative estimate of drug-likeness (QED) is 0.126. The van der Waals surface area contributed by atoms with Gasteiger partial charge in [0.05, 0.1) is 65.8 Å². The van der Waals surface area contributed by atoms with Crippen molar-refractivity contribution in [3.05, 3.63) is 73.6 Å². The van der Waals surface area contributed by atoms with Crippen molar-refractivity contribution in [3.63, 3.8) is 0 Å². The summed E-state index contributed by atoms with van der Waals surface area (Å²) in [5, 5.41) is 64.5. The van der Waals surface area contributed by atoms with Crippen LogP contribution in [-0.4, -0.2) is 134 Å². The third-order valence-electron chi connectivity index (χ3n) is 12.7. The number of hydrogen-bond acceptors (Lipinski definition) is 17. The predicted octanol–water partition coefficient (Wildman–Crippen LogP) is 1.61. The molecule has 3 aromatic rings.